The quantitative estimate of drug-likeness (QED) is 0.834. The van der Waals surface area contributed by atoms with Gasteiger partial charge in [0.15, 0.2) is 0 Å². The fourth-order valence-corrected chi connectivity index (χ4v) is 2.56. The number of carbonyl (C=O) groups excluding carboxylic acids is 2. The van der Waals surface area contributed by atoms with E-state index in [0.717, 1.165) is 18.1 Å². The van der Waals surface area contributed by atoms with Gasteiger partial charge >= 0.3 is 12.1 Å². The highest BCUT2D eigenvalue weighted by Crippen LogP contribution is 2.18. The van der Waals surface area contributed by atoms with Crippen LogP contribution in [0.3, 0.4) is 0 Å². The molecule has 3 rings (SSSR count). The largest absolute Gasteiger partial charge is 0.471 e. The minimum absolute atomic E-state index is 0.0847. The second kappa shape index (κ2) is 5.00. The maximum absolute atomic E-state index is 12.1. The Hall–Kier alpha value is -1.90. The van der Waals surface area contributed by atoms with Crippen LogP contribution in [0.2, 0.25) is 0 Å². The summed E-state index contributed by atoms with van der Waals surface area (Å²) in [6.07, 6.45) is 2.21. The first-order valence-electron chi connectivity index (χ1n) is 6.02. The molecule has 0 radical (unpaired) electrons. The van der Waals surface area contributed by atoms with Crippen molar-refractivity contribution < 1.29 is 14.3 Å². The molecule has 1 N–H and O–H groups in total. The second-order valence-electron chi connectivity index (χ2n) is 4.39. The number of carbonyl (C=O) groups is 2. The van der Waals surface area contributed by atoms with E-state index in [9.17, 15) is 9.59 Å². The maximum Gasteiger partial charge on any atom is 0.328 e. The summed E-state index contributed by atoms with van der Waals surface area (Å²) >= 11 is 1.08. The van der Waals surface area contributed by atoms with E-state index >= 15 is 0 Å². The third-order valence-electron chi connectivity index (χ3n) is 3.13. The predicted molar refractivity (Wildman–Crippen MR) is 66.0 cm³/mol. The molecular formula is C10H13N5O3S. The zero-order valence-corrected chi connectivity index (χ0v) is 10.9. The maximum atomic E-state index is 12.1. The summed E-state index contributed by atoms with van der Waals surface area (Å²) in [6.45, 7) is 2.00. The molecule has 2 aliphatic rings. The average molecular weight is 283 g/mol. The number of rotatable bonds is 2. The summed E-state index contributed by atoms with van der Waals surface area (Å²) in [6, 6.07) is -0.574. The van der Waals surface area contributed by atoms with Gasteiger partial charge in [-0.2, -0.15) is 4.37 Å². The van der Waals surface area contributed by atoms with E-state index in [0.29, 0.717) is 32.1 Å². The van der Waals surface area contributed by atoms with Crippen LogP contribution in [0.4, 0.5) is 9.59 Å². The molecule has 2 saturated heterocycles. The Morgan fingerprint density at radius 2 is 2.42 bits per heavy atom. The minimum atomic E-state index is -0.321. The average Bonchev–Trinajstić information content (AvgIpc) is 3.10. The molecule has 0 spiro atoms. The van der Waals surface area contributed by atoms with Crippen LogP contribution in [-0.4, -0.2) is 62.9 Å². The lowest BCUT2D eigenvalue weighted by atomic mass is 10.3. The molecule has 102 valence electrons. The van der Waals surface area contributed by atoms with Gasteiger partial charge in [0.05, 0.1) is 18.3 Å². The summed E-state index contributed by atoms with van der Waals surface area (Å²) < 4.78 is 13.4. The fraction of sp³-hybridized carbons (Fsp3) is 0.600. The van der Waals surface area contributed by atoms with Crippen molar-refractivity contribution in [2.45, 2.75) is 12.5 Å². The number of amides is 4. The monoisotopic (exact) mass is 283 g/mol. The van der Waals surface area contributed by atoms with Crippen molar-refractivity contribution >= 4 is 23.8 Å². The predicted octanol–water partition coefficient (Wildman–Crippen LogP) is 0.136. The number of urea groups is 2. The van der Waals surface area contributed by atoms with Crippen molar-refractivity contribution in [2.24, 2.45) is 0 Å². The molecule has 0 saturated carbocycles. The van der Waals surface area contributed by atoms with Crippen LogP contribution in [0.5, 0.6) is 5.88 Å². The molecule has 8 nitrogen and oxygen atoms in total. The van der Waals surface area contributed by atoms with Crippen LogP contribution in [0.15, 0.2) is 6.20 Å². The van der Waals surface area contributed by atoms with Gasteiger partial charge in [-0.25, -0.2) is 14.5 Å². The minimum Gasteiger partial charge on any atom is -0.471 e. The summed E-state index contributed by atoms with van der Waals surface area (Å²) in [7, 11) is 0. The van der Waals surface area contributed by atoms with Gasteiger partial charge in [0.2, 0.25) is 5.88 Å². The zero-order chi connectivity index (χ0) is 13.2. The smallest absolute Gasteiger partial charge is 0.328 e. The van der Waals surface area contributed by atoms with Crippen molar-refractivity contribution in [1.29, 1.82) is 0 Å². The Balaban J connectivity index is 1.56. The molecule has 1 aromatic rings. The number of ether oxygens (including phenoxy) is 1. The van der Waals surface area contributed by atoms with E-state index < -0.39 is 0 Å². The third-order valence-corrected chi connectivity index (χ3v) is 3.59. The molecule has 19 heavy (non-hydrogen) atoms. The topological polar surface area (TPSA) is 87.7 Å². The van der Waals surface area contributed by atoms with Crippen LogP contribution < -0.4 is 10.1 Å². The first-order valence-corrected chi connectivity index (χ1v) is 6.75. The number of hydrogen-bond donors (Lipinski definition) is 1. The SMILES string of the molecule is O=C1NCCN1C(=O)N1CCC(Oc2cnsn2)C1. The Labute approximate surface area is 113 Å². The Kier molecular flexibility index (Phi) is 3.20. The van der Waals surface area contributed by atoms with Crippen LogP contribution in [0.1, 0.15) is 6.42 Å². The van der Waals surface area contributed by atoms with Crippen molar-refractivity contribution in [3.63, 3.8) is 0 Å². The molecule has 1 aromatic heterocycles. The highest BCUT2D eigenvalue weighted by Gasteiger charge is 2.35. The van der Waals surface area contributed by atoms with E-state index in [1.165, 1.54) is 4.90 Å². The number of imide groups is 1. The molecule has 0 aromatic carbocycles. The summed E-state index contributed by atoms with van der Waals surface area (Å²) in [5, 5.41) is 2.61. The molecular weight excluding hydrogens is 270 g/mol. The summed E-state index contributed by atoms with van der Waals surface area (Å²) in [4.78, 5) is 26.4. The molecule has 3 heterocycles. The van der Waals surface area contributed by atoms with Gasteiger partial charge in [-0.3, -0.25) is 0 Å². The highest BCUT2D eigenvalue weighted by molar-refractivity contribution is 6.99. The second-order valence-corrected chi connectivity index (χ2v) is 4.94. The molecule has 0 bridgehead atoms. The summed E-state index contributed by atoms with van der Waals surface area (Å²) in [5.41, 5.74) is 0. The van der Waals surface area contributed by atoms with Crippen LogP contribution >= 0.6 is 11.7 Å². The van der Waals surface area contributed by atoms with E-state index in [4.69, 9.17) is 4.74 Å². The van der Waals surface area contributed by atoms with Gasteiger partial charge in [0.1, 0.15) is 12.3 Å². The number of nitrogens with one attached hydrogen (secondary N) is 1. The van der Waals surface area contributed by atoms with Crippen LogP contribution in [0, 0.1) is 0 Å². The van der Waals surface area contributed by atoms with Crippen molar-refractivity contribution in [2.75, 3.05) is 26.2 Å². The Morgan fingerprint density at radius 3 is 3.11 bits per heavy atom. The zero-order valence-electron chi connectivity index (χ0n) is 10.1. The Bertz CT molecular complexity index is 480. The van der Waals surface area contributed by atoms with Gasteiger partial charge in [-0.1, -0.05) is 0 Å². The fourth-order valence-electron chi connectivity index (χ4n) is 2.20. The van der Waals surface area contributed by atoms with Crippen molar-refractivity contribution in [1.82, 2.24) is 23.9 Å². The first-order chi connectivity index (χ1) is 9.24. The van der Waals surface area contributed by atoms with Gasteiger partial charge in [0.25, 0.3) is 0 Å². The molecule has 1 unspecified atom stereocenters. The van der Waals surface area contributed by atoms with E-state index in [1.807, 2.05) is 0 Å². The van der Waals surface area contributed by atoms with E-state index in [2.05, 4.69) is 14.1 Å². The van der Waals surface area contributed by atoms with Crippen molar-refractivity contribution in [3.05, 3.63) is 6.20 Å². The molecule has 4 amide bonds. The van der Waals surface area contributed by atoms with Gasteiger partial charge < -0.3 is 15.0 Å². The van der Waals surface area contributed by atoms with Gasteiger partial charge in [-0.05, 0) is 0 Å². The lowest BCUT2D eigenvalue weighted by Gasteiger charge is -2.21. The van der Waals surface area contributed by atoms with Crippen LogP contribution in [-0.2, 0) is 0 Å². The van der Waals surface area contributed by atoms with E-state index in [1.54, 1.807) is 11.1 Å². The number of hydrogen-bond acceptors (Lipinski definition) is 6. The molecule has 0 aliphatic carbocycles. The lowest BCUT2D eigenvalue weighted by molar-refractivity contribution is 0.160. The normalized spacial score (nSPS) is 22.7. The Morgan fingerprint density at radius 1 is 1.53 bits per heavy atom. The number of likely N-dealkylation sites (tertiary alicyclic amines) is 1. The van der Waals surface area contributed by atoms with Gasteiger partial charge in [0, 0.05) is 26.1 Å². The number of aromatic nitrogens is 2. The third kappa shape index (κ3) is 2.46. The van der Waals surface area contributed by atoms with Crippen molar-refractivity contribution in [3.8, 4) is 5.88 Å². The molecule has 9 heteroatoms. The molecule has 2 fully saturated rings. The number of nitrogens with zero attached hydrogens (tertiary/aromatic N) is 4. The molecule has 2 aliphatic heterocycles. The summed E-state index contributed by atoms with van der Waals surface area (Å²) in [5.74, 6) is 0.489. The standard InChI is InChI=1S/C10H13N5O3S/c16-9-11-2-4-15(9)10(17)14-3-1-7(6-14)18-8-5-12-19-13-8/h5,7H,1-4,6H2,(H,11,16). The lowest BCUT2D eigenvalue weighted by Crippen LogP contribution is -2.44. The molecule has 1 atom stereocenters. The first kappa shape index (κ1) is 12.2. The van der Waals surface area contributed by atoms with Crippen LogP contribution in [0.25, 0.3) is 0 Å². The van der Waals surface area contributed by atoms with Gasteiger partial charge in [-0.15, -0.1) is 4.37 Å². The van der Waals surface area contributed by atoms with E-state index in [-0.39, 0.29) is 18.2 Å². The highest BCUT2D eigenvalue weighted by atomic mass is 32.1.